The maximum atomic E-state index is 12.2. The van der Waals surface area contributed by atoms with Crippen LogP contribution in [-0.2, 0) is 14.3 Å². The van der Waals surface area contributed by atoms with Crippen LogP contribution in [-0.4, -0.2) is 69.6 Å². The number of hydrogen-bond donors (Lipinski definition) is 4. The van der Waals surface area contributed by atoms with Crippen LogP contribution in [0.1, 0.15) is 65.7 Å². The number of fused-ring (bicyclic) bond motifs is 5. The number of carbonyl (C=O) groups is 1. The third-order valence-electron chi connectivity index (χ3n) is 10.6. The Labute approximate surface area is 196 Å². The van der Waals surface area contributed by atoms with Crippen molar-refractivity contribution in [3.05, 3.63) is 11.6 Å². The van der Waals surface area contributed by atoms with Gasteiger partial charge in [0.25, 0.3) is 0 Å². The third-order valence-corrected chi connectivity index (χ3v) is 10.6. The van der Waals surface area contributed by atoms with Gasteiger partial charge in [0.2, 0.25) is 0 Å². The van der Waals surface area contributed by atoms with Crippen molar-refractivity contribution in [2.45, 2.75) is 103 Å². The second-order valence-corrected chi connectivity index (χ2v) is 11.9. The van der Waals surface area contributed by atoms with Gasteiger partial charge < -0.3 is 29.9 Å². The maximum Gasteiger partial charge on any atom is 0.186 e. The summed E-state index contributed by atoms with van der Waals surface area (Å²) in [6.07, 6.45) is 2.59. The fraction of sp³-hybridized carbons (Fsp3) is 0.885. The van der Waals surface area contributed by atoms with Gasteiger partial charge >= 0.3 is 0 Å². The normalized spacial score (nSPS) is 54.3. The number of allylic oxidation sites excluding steroid dienone is 2. The molecule has 1 heterocycles. The molecule has 0 spiro atoms. The molecular formula is C26H40O7. The Bertz CT molecular complexity index is 810. The van der Waals surface area contributed by atoms with Gasteiger partial charge in [-0.2, -0.15) is 0 Å². The van der Waals surface area contributed by atoms with E-state index < -0.39 is 37.3 Å². The molecule has 0 aromatic heterocycles. The molecule has 0 aromatic carbocycles. The molecule has 5 rings (SSSR count). The van der Waals surface area contributed by atoms with Crippen molar-refractivity contribution >= 4 is 5.78 Å². The topological polar surface area (TPSA) is 116 Å². The van der Waals surface area contributed by atoms with Crippen LogP contribution in [0.3, 0.4) is 0 Å². The number of ketones is 1. The summed E-state index contributed by atoms with van der Waals surface area (Å²) in [4.78, 5) is 12.2. The first-order chi connectivity index (χ1) is 15.6. The molecule has 186 valence electrons. The van der Waals surface area contributed by atoms with Crippen LogP contribution in [0.25, 0.3) is 0 Å². The molecular weight excluding hydrogens is 424 g/mol. The highest BCUT2D eigenvalue weighted by Gasteiger charge is 2.61. The van der Waals surface area contributed by atoms with Crippen molar-refractivity contribution in [2.75, 3.05) is 6.61 Å². The van der Waals surface area contributed by atoms with Gasteiger partial charge in [-0.25, -0.2) is 0 Å². The monoisotopic (exact) mass is 464 g/mol. The van der Waals surface area contributed by atoms with Gasteiger partial charge in [-0.05, 0) is 86.0 Å². The zero-order chi connectivity index (χ0) is 23.7. The average molecular weight is 465 g/mol. The Hall–Kier alpha value is -0.830. The summed E-state index contributed by atoms with van der Waals surface area (Å²) in [5, 5.41) is 40.3. The van der Waals surface area contributed by atoms with Crippen LogP contribution in [0, 0.1) is 34.5 Å². The molecule has 3 saturated carbocycles. The number of hydrogen-bond acceptors (Lipinski definition) is 7. The fourth-order valence-corrected chi connectivity index (χ4v) is 8.58. The fourth-order valence-electron chi connectivity index (χ4n) is 8.58. The van der Waals surface area contributed by atoms with Crippen LogP contribution in [0.4, 0.5) is 0 Å². The van der Waals surface area contributed by atoms with Gasteiger partial charge in [0.15, 0.2) is 12.1 Å². The minimum Gasteiger partial charge on any atom is -0.394 e. The SMILES string of the molecule is CC1=CC(=O)C[C@@H]2CC[C@H]3[C@@H]4CC[C@H](O[C@H]5O[C@@H](CO)[C@H](O)[C@@H](O)[C@@H]5O)[C@@]4(C)CC[C@@H]3[C@@]12C. The Morgan fingerprint density at radius 2 is 1.79 bits per heavy atom. The number of aliphatic hydroxyl groups excluding tert-OH is 4. The third kappa shape index (κ3) is 3.49. The minimum atomic E-state index is -1.42. The number of rotatable bonds is 3. The van der Waals surface area contributed by atoms with Gasteiger partial charge in [0, 0.05) is 6.42 Å². The Morgan fingerprint density at radius 3 is 2.52 bits per heavy atom. The van der Waals surface area contributed by atoms with Gasteiger partial charge in [0.05, 0.1) is 12.7 Å². The van der Waals surface area contributed by atoms with E-state index in [1.165, 1.54) is 5.57 Å². The summed E-state index contributed by atoms with van der Waals surface area (Å²) in [5.74, 6) is 2.40. The van der Waals surface area contributed by atoms with Crippen molar-refractivity contribution < 1.29 is 34.7 Å². The van der Waals surface area contributed by atoms with Gasteiger partial charge in [-0.1, -0.05) is 19.4 Å². The molecule has 0 bridgehead atoms. The van der Waals surface area contributed by atoms with E-state index in [4.69, 9.17) is 9.47 Å². The molecule has 4 fully saturated rings. The van der Waals surface area contributed by atoms with Crippen molar-refractivity contribution in [1.29, 1.82) is 0 Å². The molecule has 1 saturated heterocycles. The highest BCUT2D eigenvalue weighted by atomic mass is 16.7. The van der Waals surface area contributed by atoms with Crippen LogP contribution >= 0.6 is 0 Å². The van der Waals surface area contributed by atoms with E-state index in [0.29, 0.717) is 30.1 Å². The molecule has 0 amide bonds. The Morgan fingerprint density at radius 1 is 1.03 bits per heavy atom. The lowest BCUT2D eigenvalue weighted by atomic mass is 9.45. The summed E-state index contributed by atoms with van der Waals surface area (Å²) < 4.78 is 12.0. The van der Waals surface area contributed by atoms with Crippen molar-refractivity contribution in [1.82, 2.24) is 0 Å². The van der Waals surface area contributed by atoms with E-state index in [1.54, 1.807) is 0 Å². The molecule has 4 aliphatic carbocycles. The molecule has 4 N–H and O–H groups in total. The lowest BCUT2D eigenvalue weighted by molar-refractivity contribution is -0.319. The van der Waals surface area contributed by atoms with E-state index in [1.807, 2.05) is 6.08 Å². The predicted octanol–water partition coefficient (Wildman–Crippen LogP) is 1.95. The summed E-state index contributed by atoms with van der Waals surface area (Å²) in [6, 6.07) is 0. The molecule has 7 nitrogen and oxygen atoms in total. The van der Waals surface area contributed by atoms with Gasteiger partial charge in [-0.3, -0.25) is 4.79 Å². The quantitative estimate of drug-likeness (QED) is 0.504. The van der Waals surface area contributed by atoms with Crippen LogP contribution in [0.5, 0.6) is 0 Å². The Balaban J connectivity index is 1.35. The van der Waals surface area contributed by atoms with E-state index in [9.17, 15) is 25.2 Å². The van der Waals surface area contributed by atoms with Crippen LogP contribution < -0.4 is 0 Å². The lowest BCUT2D eigenvalue weighted by Gasteiger charge is -2.60. The summed E-state index contributed by atoms with van der Waals surface area (Å²) in [6.45, 7) is 6.40. The lowest BCUT2D eigenvalue weighted by Crippen LogP contribution is -2.60. The van der Waals surface area contributed by atoms with Crippen molar-refractivity contribution in [3.8, 4) is 0 Å². The summed E-state index contributed by atoms with van der Waals surface area (Å²) in [5.41, 5.74) is 1.30. The van der Waals surface area contributed by atoms with Gasteiger partial charge in [-0.15, -0.1) is 0 Å². The van der Waals surface area contributed by atoms with Crippen molar-refractivity contribution in [2.24, 2.45) is 34.5 Å². The number of aliphatic hydroxyl groups is 4. The first kappa shape index (κ1) is 23.9. The largest absolute Gasteiger partial charge is 0.394 e. The standard InChI is InChI=1S/C26H40O7/c1-13-10-15(28)11-14-4-5-16-17-6-7-20(25(17,2)9-8-18(16)26(13,14)3)33-24-23(31)22(30)21(29)19(12-27)32-24/h10,14,16-24,27,29-31H,4-9,11-12H2,1-3H3/t14-,16-,17-,18-,19-,20-,21-,22+,23-,24+,25-,26-/m0/s1. The molecule has 0 aromatic rings. The molecule has 1 aliphatic heterocycles. The predicted molar refractivity (Wildman–Crippen MR) is 120 cm³/mol. The minimum absolute atomic E-state index is 0.0503. The van der Waals surface area contributed by atoms with Crippen LogP contribution in [0.15, 0.2) is 11.6 Å². The van der Waals surface area contributed by atoms with E-state index in [-0.39, 0.29) is 22.7 Å². The molecule has 33 heavy (non-hydrogen) atoms. The highest BCUT2D eigenvalue weighted by molar-refractivity contribution is 5.91. The second kappa shape index (κ2) is 8.38. The number of carbonyl (C=O) groups excluding carboxylic acids is 1. The van der Waals surface area contributed by atoms with E-state index in [0.717, 1.165) is 38.5 Å². The van der Waals surface area contributed by atoms with E-state index in [2.05, 4.69) is 20.8 Å². The first-order valence-electron chi connectivity index (χ1n) is 12.8. The van der Waals surface area contributed by atoms with E-state index >= 15 is 0 Å². The maximum absolute atomic E-state index is 12.2. The van der Waals surface area contributed by atoms with Crippen LogP contribution in [0.2, 0.25) is 0 Å². The molecule has 12 atom stereocenters. The zero-order valence-electron chi connectivity index (χ0n) is 20.0. The molecule has 5 aliphatic rings. The van der Waals surface area contributed by atoms with Crippen molar-refractivity contribution in [3.63, 3.8) is 0 Å². The molecule has 7 heteroatoms. The Kier molecular flexibility index (Phi) is 6.07. The average Bonchev–Trinajstić information content (AvgIpc) is 3.11. The summed E-state index contributed by atoms with van der Waals surface area (Å²) in [7, 11) is 0. The second-order valence-electron chi connectivity index (χ2n) is 11.9. The molecule has 0 radical (unpaired) electrons. The highest BCUT2D eigenvalue weighted by Crippen LogP contribution is 2.66. The summed E-state index contributed by atoms with van der Waals surface area (Å²) >= 11 is 0. The number of ether oxygens (including phenoxy) is 2. The zero-order valence-corrected chi connectivity index (χ0v) is 20.0. The van der Waals surface area contributed by atoms with Gasteiger partial charge in [0.1, 0.15) is 24.4 Å². The molecule has 0 unspecified atom stereocenters. The smallest absolute Gasteiger partial charge is 0.186 e. The first-order valence-corrected chi connectivity index (χ1v) is 12.8.